The van der Waals surface area contributed by atoms with Gasteiger partial charge in [0.25, 0.3) is 0 Å². The Hall–Kier alpha value is -0.120. The fraction of sp³-hybridized carbons (Fsp3) is 0.538. The third-order valence-corrected chi connectivity index (χ3v) is 4.70. The molecule has 2 rings (SSSR count). The fourth-order valence-corrected chi connectivity index (χ4v) is 2.96. The van der Waals surface area contributed by atoms with Crippen molar-refractivity contribution >= 4 is 27.5 Å². The van der Waals surface area contributed by atoms with Gasteiger partial charge in [-0.3, -0.25) is 0 Å². The molecule has 0 heterocycles. The lowest BCUT2D eigenvalue weighted by Crippen LogP contribution is -2.18. The Balaban J connectivity index is 2.35. The molecule has 1 fully saturated rings. The molecule has 17 heavy (non-hydrogen) atoms. The molecule has 0 spiro atoms. The van der Waals surface area contributed by atoms with Crippen LogP contribution in [0.4, 0.5) is 4.39 Å². The molecule has 2 unspecified atom stereocenters. The maximum absolute atomic E-state index is 14.1. The molecule has 2 atom stereocenters. The molecule has 1 aliphatic carbocycles. The number of hydrogen-bond donors (Lipinski definition) is 1. The zero-order valence-electron chi connectivity index (χ0n) is 9.43. The van der Waals surface area contributed by atoms with Gasteiger partial charge in [-0.1, -0.05) is 36.9 Å². The van der Waals surface area contributed by atoms with Crippen molar-refractivity contribution < 1.29 is 9.50 Å². The number of aliphatic hydroxyl groups excluding tert-OH is 1. The Labute approximate surface area is 114 Å². The van der Waals surface area contributed by atoms with Crippen molar-refractivity contribution in [3.63, 3.8) is 0 Å². The summed E-state index contributed by atoms with van der Waals surface area (Å²) in [4.78, 5) is 0. The van der Waals surface area contributed by atoms with Crippen molar-refractivity contribution in [1.29, 1.82) is 0 Å². The highest BCUT2D eigenvalue weighted by Crippen LogP contribution is 2.37. The molecule has 1 aromatic carbocycles. The molecule has 1 saturated carbocycles. The van der Waals surface area contributed by atoms with Gasteiger partial charge in [-0.2, -0.15) is 0 Å². The molecule has 0 aromatic heterocycles. The van der Waals surface area contributed by atoms with E-state index in [9.17, 15) is 9.50 Å². The third-order valence-electron chi connectivity index (χ3n) is 3.44. The molecule has 94 valence electrons. The first-order valence-corrected chi connectivity index (χ1v) is 7.10. The average molecular weight is 322 g/mol. The minimum Gasteiger partial charge on any atom is -0.392 e. The van der Waals surface area contributed by atoms with Gasteiger partial charge in [0.15, 0.2) is 0 Å². The van der Waals surface area contributed by atoms with Gasteiger partial charge >= 0.3 is 0 Å². The molecule has 4 heteroatoms. The van der Waals surface area contributed by atoms with E-state index >= 15 is 0 Å². The van der Waals surface area contributed by atoms with Crippen molar-refractivity contribution in [3.8, 4) is 0 Å². The largest absolute Gasteiger partial charge is 0.392 e. The summed E-state index contributed by atoms with van der Waals surface area (Å²) in [6.45, 7) is 0. The highest BCUT2D eigenvalue weighted by atomic mass is 79.9. The van der Waals surface area contributed by atoms with Crippen LogP contribution in [-0.4, -0.2) is 11.2 Å². The van der Waals surface area contributed by atoms with E-state index in [4.69, 9.17) is 11.6 Å². The first kappa shape index (κ1) is 13.3. The Morgan fingerprint density at radius 2 is 1.94 bits per heavy atom. The van der Waals surface area contributed by atoms with Crippen LogP contribution in [0.5, 0.6) is 0 Å². The smallest absolute Gasteiger partial charge is 0.146 e. The Morgan fingerprint density at radius 3 is 2.71 bits per heavy atom. The predicted molar refractivity (Wildman–Crippen MR) is 70.9 cm³/mol. The van der Waals surface area contributed by atoms with Crippen molar-refractivity contribution in [2.45, 2.75) is 44.1 Å². The molecular weight excluding hydrogens is 306 g/mol. The van der Waals surface area contributed by atoms with E-state index in [1.807, 2.05) is 0 Å². The first-order valence-electron chi connectivity index (χ1n) is 5.92. The van der Waals surface area contributed by atoms with Gasteiger partial charge in [-0.05, 0) is 40.4 Å². The van der Waals surface area contributed by atoms with Gasteiger partial charge in [-0.15, -0.1) is 0 Å². The molecule has 0 radical (unpaired) electrons. The molecule has 1 N–H and O–H groups in total. The second-order valence-corrected chi connectivity index (χ2v) is 5.81. The summed E-state index contributed by atoms with van der Waals surface area (Å²) in [7, 11) is 0. The predicted octanol–water partition coefficient (Wildman–Crippen LogP) is 4.65. The lowest BCUT2D eigenvalue weighted by Gasteiger charge is -2.21. The van der Waals surface area contributed by atoms with E-state index < -0.39 is 11.9 Å². The maximum atomic E-state index is 14.1. The highest BCUT2D eigenvalue weighted by molar-refractivity contribution is 9.10. The van der Waals surface area contributed by atoms with E-state index in [1.54, 1.807) is 12.1 Å². The normalized spacial score (nSPS) is 25.6. The van der Waals surface area contributed by atoms with E-state index in [-0.39, 0.29) is 10.9 Å². The number of hydrogen-bond acceptors (Lipinski definition) is 1. The van der Waals surface area contributed by atoms with E-state index in [0.717, 1.165) is 32.1 Å². The molecule has 0 aliphatic heterocycles. The summed E-state index contributed by atoms with van der Waals surface area (Å²) in [6, 6.07) is 3.48. The lowest BCUT2D eigenvalue weighted by molar-refractivity contribution is 0.133. The second-order valence-electron chi connectivity index (χ2n) is 4.58. The van der Waals surface area contributed by atoms with Crippen LogP contribution in [0.15, 0.2) is 16.6 Å². The SMILES string of the molecule is OC1CCCCCC1c1ccc(Br)c(Cl)c1F. The molecule has 0 saturated heterocycles. The molecule has 1 aliphatic rings. The van der Waals surface area contributed by atoms with Crippen LogP contribution < -0.4 is 0 Å². The minimum atomic E-state index is -0.454. The van der Waals surface area contributed by atoms with Crippen LogP contribution in [0.1, 0.15) is 43.6 Å². The van der Waals surface area contributed by atoms with Crippen molar-refractivity contribution in [2.75, 3.05) is 0 Å². The lowest BCUT2D eigenvalue weighted by atomic mass is 9.89. The third kappa shape index (κ3) is 2.83. The summed E-state index contributed by atoms with van der Waals surface area (Å²) < 4.78 is 14.6. The summed E-state index contributed by atoms with van der Waals surface area (Å²) in [6.07, 6.45) is 4.29. The molecule has 0 amide bonds. The van der Waals surface area contributed by atoms with Gasteiger partial charge in [0.1, 0.15) is 5.82 Å². The van der Waals surface area contributed by atoms with Gasteiger partial charge < -0.3 is 5.11 Å². The van der Waals surface area contributed by atoms with Crippen LogP contribution in [-0.2, 0) is 0 Å². The summed E-state index contributed by atoms with van der Waals surface area (Å²) >= 11 is 9.09. The van der Waals surface area contributed by atoms with Crippen LogP contribution >= 0.6 is 27.5 Å². The zero-order chi connectivity index (χ0) is 12.4. The van der Waals surface area contributed by atoms with Crippen LogP contribution in [0.25, 0.3) is 0 Å². The number of benzene rings is 1. The first-order chi connectivity index (χ1) is 8.11. The Kier molecular flexibility index (Phi) is 4.45. The van der Waals surface area contributed by atoms with Gasteiger partial charge in [0.2, 0.25) is 0 Å². The van der Waals surface area contributed by atoms with Crippen LogP contribution in [0.3, 0.4) is 0 Å². The number of aliphatic hydroxyl groups is 1. The average Bonchev–Trinajstić information content (AvgIpc) is 2.52. The van der Waals surface area contributed by atoms with Crippen LogP contribution in [0.2, 0.25) is 5.02 Å². The number of halogens is 3. The molecule has 1 nitrogen and oxygen atoms in total. The topological polar surface area (TPSA) is 20.2 Å². The van der Waals surface area contributed by atoms with Gasteiger partial charge in [0.05, 0.1) is 11.1 Å². The van der Waals surface area contributed by atoms with Crippen molar-refractivity contribution in [1.82, 2.24) is 0 Å². The summed E-state index contributed by atoms with van der Waals surface area (Å²) in [5.41, 5.74) is 0.549. The van der Waals surface area contributed by atoms with Gasteiger partial charge in [0, 0.05) is 10.4 Å². The molecule has 0 bridgehead atoms. The monoisotopic (exact) mass is 320 g/mol. The van der Waals surface area contributed by atoms with Crippen molar-refractivity contribution in [2.24, 2.45) is 0 Å². The molecule has 1 aromatic rings. The standard InChI is InChI=1S/C13H15BrClFO/c14-10-7-6-9(13(16)12(10)15)8-4-2-1-3-5-11(8)17/h6-8,11,17H,1-5H2. The Morgan fingerprint density at radius 1 is 1.24 bits per heavy atom. The van der Waals surface area contributed by atoms with Crippen molar-refractivity contribution in [3.05, 3.63) is 33.0 Å². The van der Waals surface area contributed by atoms with Crippen LogP contribution in [0, 0.1) is 5.82 Å². The fourth-order valence-electron chi connectivity index (χ4n) is 2.48. The summed E-state index contributed by atoms with van der Waals surface area (Å²) in [5.74, 6) is -0.518. The number of rotatable bonds is 1. The zero-order valence-corrected chi connectivity index (χ0v) is 11.8. The maximum Gasteiger partial charge on any atom is 0.146 e. The Bertz CT molecular complexity index is 411. The minimum absolute atomic E-state index is 0.110. The highest BCUT2D eigenvalue weighted by Gasteiger charge is 2.26. The van der Waals surface area contributed by atoms with Gasteiger partial charge in [-0.25, -0.2) is 4.39 Å². The van der Waals surface area contributed by atoms with E-state index in [2.05, 4.69) is 15.9 Å². The van der Waals surface area contributed by atoms with E-state index in [1.165, 1.54) is 0 Å². The van der Waals surface area contributed by atoms with E-state index in [0.29, 0.717) is 10.0 Å². The molecular formula is C13H15BrClFO. The quantitative estimate of drug-likeness (QED) is 0.589. The second kappa shape index (κ2) is 5.68. The summed E-state index contributed by atoms with van der Waals surface area (Å²) in [5, 5.41) is 10.2.